The second-order valence-electron chi connectivity index (χ2n) is 22.6. The van der Waals surface area contributed by atoms with Gasteiger partial charge >= 0.3 is 5.97 Å². The van der Waals surface area contributed by atoms with Crippen molar-refractivity contribution in [2.75, 3.05) is 51.6 Å². The minimum Gasteiger partial charge on any atom is -0.493 e. The Bertz CT molecular complexity index is 2160. The summed E-state index contributed by atoms with van der Waals surface area (Å²) in [7, 11) is 0. The van der Waals surface area contributed by atoms with Crippen LogP contribution in [-0.4, -0.2) is 98.4 Å². The van der Waals surface area contributed by atoms with E-state index in [0.717, 1.165) is 95.4 Å². The highest BCUT2D eigenvalue weighted by Crippen LogP contribution is 2.77. The molecular formula is C55H79IN4O6S. The highest BCUT2D eigenvalue weighted by molar-refractivity contribution is 14.1. The molecule has 1 aliphatic heterocycles. The monoisotopic (exact) mass is 1050 g/mol. The van der Waals surface area contributed by atoms with E-state index in [4.69, 9.17) is 4.74 Å². The number of amides is 2. The van der Waals surface area contributed by atoms with Crippen LogP contribution in [0.15, 0.2) is 54.6 Å². The van der Waals surface area contributed by atoms with Crippen molar-refractivity contribution in [3.8, 4) is 5.75 Å². The lowest BCUT2D eigenvalue weighted by atomic mass is 9.36. The molecule has 10 atom stereocenters. The summed E-state index contributed by atoms with van der Waals surface area (Å²) in [6, 6.07) is 12.7. The van der Waals surface area contributed by atoms with Gasteiger partial charge in [-0.3, -0.25) is 9.59 Å². The maximum atomic E-state index is 14.8. The molecule has 2 aromatic carbocycles. The number of alkyl halides is 1. The smallest absolute Gasteiger partial charge is 0.339 e. The molecule has 5 aliphatic carbocycles. The number of carboxylic acid groups (broad SMARTS) is 1. The van der Waals surface area contributed by atoms with Gasteiger partial charge in [-0.15, -0.1) is 0 Å². The number of hydrogen-bond acceptors (Lipinski definition) is 8. The molecule has 67 heavy (non-hydrogen) atoms. The minimum absolute atomic E-state index is 0.0727. The average molecular weight is 1050 g/mol. The second kappa shape index (κ2) is 20.2. The zero-order valence-corrected chi connectivity index (χ0v) is 44.2. The van der Waals surface area contributed by atoms with Crippen LogP contribution < -0.4 is 15.4 Å². The SMILES string of the molecule is C=C(C)C1CCC2(C(=O)NCCc3cccc(C(=O)NCc4ccc(OCCCN5CCN(SCC)CC5)c(C(=O)O)c4)c3)CCC3(I)C(CCC4C5(C)CCC(O)C(C)(C)C5CCC43C)C12. The first-order valence-electron chi connectivity index (χ1n) is 25.6. The number of allylic oxidation sites excluding steroid dienone is 1. The van der Waals surface area contributed by atoms with E-state index in [2.05, 4.69) is 90.6 Å². The number of piperazine rings is 1. The largest absolute Gasteiger partial charge is 0.493 e. The molecule has 4 N–H and O–H groups in total. The number of aliphatic hydroxyl groups excluding tert-OH is 1. The summed E-state index contributed by atoms with van der Waals surface area (Å²) in [5.74, 6) is 2.54. The van der Waals surface area contributed by atoms with Gasteiger partial charge < -0.3 is 30.5 Å². The highest BCUT2D eigenvalue weighted by atomic mass is 127. The van der Waals surface area contributed by atoms with Crippen molar-refractivity contribution in [1.82, 2.24) is 19.8 Å². The predicted molar refractivity (Wildman–Crippen MR) is 278 cm³/mol. The molecule has 2 amide bonds. The van der Waals surface area contributed by atoms with Gasteiger partial charge in [-0.2, -0.15) is 0 Å². The third kappa shape index (κ3) is 9.51. The van der Waals surface area contributed by atoms with E-state index in [-0.39, 0.29) is 55.6 Å². The molecule has 10 nitrogen and oxygen atoms in total. The molecule has 0 radical (unpaired) electrons. The quantitative estimate of drug-likeness (QED) is 0.0427. The first kappa shape index (κ1) is 50.7. The predicted octanol–water partition coefficient (Wildman–Crippen LogP) is 10.2. The number of hydrogen-bond donors (Lipinski definition) is 4. The second-order valence-corrected chi connectivity index (χ2v) is 25.9. The van der Waals surface area contributed by atoms with Crippen molar-refractivity contribution < 1.29 is 29.3 Å². The fourth-order valence-corrected chi connectivity index (χ4v) is 17.8. The normalized spacial score (nSPS) is 34.7. The Morgan fingerprint density at radius 2 is 1.67 bits per heavy atom. The molecule has 8 rings (SSSR count). The van der Waals surface area contributed by atoms with Crippen LogP contribution in [0, 0.1) is 51.2 Å². The van der Waals surface area contributed by atoms with Gasteiger partial charge in [-0.25, -0.2) is 9.10 Å². The Morgan fingerprint density at radius 1 is 0.896 bits per heavy atom. The van der Waals surface area contributed by atoms with Crippen LogP contribution in [-0.2, 0) is 17.8 Å². The molecule has 10 unspecified atom stereocenters. The number of aromatic carboxylic acids is 1. The number of carboxylic acids is 1. The van der Waals surface area contributed by atoms with Crippen molar-refractivity contribution in [2.24, 2.45) is 51.2 Å². The fourth-order valence-electron chi connectivity index (χ4n) is 15.4. The Labute approximate surface area is 419 Å². The molecule has 2 aromatic rings. The first-order chi connectivity index (χ1) is 31.9. The Hall–Kier alpha value is -2.65. The maximum Gasteiger partial charge on any atom is 0.339 e. The van der Waals surface area contributed by atoms with E-state index in [1.165, 1.54) is 24.8 Å². The van der Waals surface area contributed by atoms with E-state index < -0.39 is 11.4 Å². The third-order valence-corrected chi connectivity index (χ3v) is 22.5. The van der Waals surface area contributed by atoms with Gasteiger partial charge in [-0.05, 0) is 165 Å². The van der Waals surface area contributed by atoms with E-state index in [1.807, 2.05) is 36.2 Å². The number of aliphatic hydroxyl groups is 1. The molecule has 0 bridgehead atoms. The lowest BCUT2D eigenvalue weighted by Crippen LogP contribution is -2.69. The van der Waals surface area contributed by atoms with E-state index in [9.17, 15) is 24.6 Å². The summed E-state index contributed by atoms with van der Waals surface area (Å²) in [5.41, 5.74) is 3.40. The molecule has 6 fully saturated rings. The molecule has 1 heterocycles. The number of benzene rings is 2. The van der Waals surface area contributed by atoms with Gasteiger partial charge in [-0.1, -0.05) is 99.5 Å². The van der Waals surface area contributed by atoms with Gasteiger partial charge in [0, 0.05) is 60.6 Å². The molecule has 6 aliphatic rings. The average Bonchev–Trinajstić information content (AvgIpc) is 3.71. The Balaban J connectivity index is 0.860. The van der Waals surface area contributed by atoms with Crippen LogP contribution in [0.2, 0.25) is 0 Å². The summed E-state index contributed by atoms with van der Waals surface area (Å²) >= 11 is 4.83. The standard InChI is InChI=1S/C55H79IN4O6S/c1-8-67-60-30-28-59(29-31-60)27-10-32-66-43-15-13-38(34-41(43)49(63)64)35-58-48(62)39-12-9-11-37(33-39)20-26-57-50(65)54-23-17-40(36(2)3)47(54)42-14-16-45-52(6)21-19-46(61)51(4,5)44(52)18-22-53(45,7)55(42,56)25-24-54/h9,11-13,15,33-34,40,42,44-47,61H,2,8,10,14,16-32,35H2,1,3-7H3,(H,57,65)(H,58,62)(H,63,64). The third-order valence-electron chi connectivity index (χ3n) is 18.9. The molecule has 368 valence electrons. The number of carbonyl (C=O) groups is 3. The number of nitrogens with zero attached hydrogens (tertiary/aromatic N) is 2. The number of ether oxygens (including phenoxy) is 1. The Morgan fingerprint density at radius 3 is 2.40 bits per heavy atom. The van der Waals surface area contributed by atoms with Crippen molar-refractivity contribution in [3.05, 3.63) is 76.9 Å². The maximum absolute atomic E-state index is 14.8. The summed E-state index contributed by atoms with van der Waals surface area (Å²) in [4.78, 5) is 42.9. The van der Waals surface area contributed by atoms with Crippen LogP contribution >= 0.6 is 34.5 Å². The summed E-state index contributed by atoms with van der Waals surface area (Å²) in [5, 5.41) is 27.6. The van der Waals surface area contributed by atoms with Crippen molar-refractivity contribution in [1.29, 1.82) is 0 Å². The van der Waals surface area contributed by atoms with Gasteiger partial charge in [0.1, 0.15) is 11.3 Å². The van der Waals surface area contributed by atoms with Crippen molar-refractivity contribution in [2.45, 2.75) is 135 Å². The van der Waals surface area contributed by atoms with Gasteiger partial charge in [0.05, 0.1) is 18.1 Å². The summed E-state index contributed by atoms with van der Waals surface area (Å²) in [6.45, 7) is 25.0. The van der Waals surface area contributed by atoms with Gasteiger partial charge in [0.15, 0.2) is 0 Å². The zero-order valence-electron chi connectivity index (χ0n) is 41.3. The molecule has 5 saturated carbocycles. The number of carbonyl (C=O) groups excluding carboxylic acids is 2. The number of rotatable bonds is 16. The van der Waals surface area contributed by atoms with Gasteiger partial charge in [0.2, 0.25) is 5.91 Å². The van der Waals surface area contributed by atoms with E-state index in [1.54, 1.807) is 18.2 Å². The first-order valence-corrected chi connectivity index (χ1v) is 27.7. The van der Waals surface area contributed by atoms with Crippen LogP contribution in [0.1, 0.15) is 144 Å². The van der Waals surface area contributed by atoms with Crippen LogP contribution in [0.5, 0.6) is 5.75 Å². The van der Waals surface area contributed by atoms with Crippen molar-refractivity contribution in [3.63, 3.8) is 0 Å². The number of halogens is 1. The Kier molecular flexibility index (Phi) is 15.3. The topological polar surface area (TPSA) is 131 Å². The van der Waals surface area contributed by atoms with Crippen LogP contribution in [0.25, 0.3) is 0 Å². The zero-order chi connectivity index (χ0) is 47.9. The molecule has 1 saturated heterocycles. The van der Waals surface area contributed by atoms with Crippen LogP contribution in [0.4, 0.5) is 0 Å². The molecule has 12 heteroatoms. The fraction of sp³-hybridized carbons (Fsp3) is 0.691. The lowest BCUT2D eigenvalue weighted by Gasteiger charge is -2.72. The van der Waals surface area contributed by atoms with Gasteiger partial charge in [0.25, 0.3) is 5.91 Å². The summed E-state index contributed by atoms with van der Waals surface area (Å²) < 4.78 is 8.48. The minimum atomic E-state index is -1.06. The van der Waals surface area contributed by atoms with Crippen molar-refractivity contribution >= 4 is 52.3 Å². The molecule has 0 aromatic heterocycles. The summed E-state index contributed by atoms with van der Waals surface area (Å²) in [6.07, 6.45) is 11.8. The highest BCUT2D eigenvalue weighted by Gasteiger charge is 2.72. The molecular weight excluding hydrogens is 972 g/mol. The van der Waals surface area contributed by atoms with E-state index in [0.29, 0.717) is 60.1 Å². The number of nitrogens with one attached hydrogen (secondary N) is 2. The van der Waals surface area contributed by atoms with Crippen LogP contribution in [0.3, 0.4) is 0 Å². The van der Waals surface area contributed by atoms with E-state index >= 15 is 0 Å². The number of fused-ring (bicyclic) bond motifs is 7. The molecule has 0 spiro atoms. The lowest BCUT2D eigenvalue weighted by molar-refractivity contribution is -0.204.